The second-order valence-corrected chi connectivity index (χ2v) is 5.19. The Bertz CT molecular complexity index is 136. The van der Waals surface area contributed by atoms with Crippen molar-refractivity contribution in [3.05, 3.63) is 0 Å². The SMILES string of the molecule is CC.CC1(O)CN(S(C)(O)O)C1. The van der Waals surface area contributed by atoms with E-state index in [0.717, 1.165) is 0 Å². The molecular weight excluding hydrogens is 178 g/mol. The third-order valence-corrected chi connectivity index (χ3v) is 2.76. The number of rotatable bonds is 1. The molecule has 0 saturated carbocycles. The molecule has 0 aromatic heterocycles. The van der Waals surface area contributed by atoms with Gasteiger partial charge in [0, 0.05) is 19.3 Å². The first kappa shape index (κ1) is 12.2. The predicted molar refractivity (Wildman–Crippen MR) is 52.3 cm³/mol. The number of aliphatic hydroxyl groups is 1. The van der Waals surface area contributed by atoms with Crippen molar-refractivity contribution < 1.29 is 14.2 Å². The van der Waals surface area contributed by atoms with E-state index in [1.54, 1.807) is 6.92 Å². The fourth-order valence-corrected chi connectivity index (χ4v) is 2.00. The molecule has 1 saturated heterocycles. The van der Waals surface area contributed by atoms with Crippen molar-refractivity contribution in [1.82, 2.24) is 4.31 Å². The molecule has 12 heavy (non-hydrogen) atoms. The van der Waals surface area contributed by atoms with Crippen LogP contribution in [0.3, 0.4) is 0 Å². The summed E-state index contributed by atoms with van der Waals surface area (Å²) in [5.41, 5.74) is -0.722. The molecule has 5 heteroatoms. The molecule has 0 aromatic carbocycles. The molecule has 1 rings (SSSR count). The van der Waals surface area contributed by atoms with Crippen molar-refractivity contribution in [3.63, 3.8) is 0 Å². The maximum absolute atomic E-state index is 9.20. The Morgan fingerprint density at radius 2 is 1.58 bits per heavy atom. The van der Waals surface area contributed by atoms with Gasteiger partial charge in [0.15, 0.2) is 0 Å². The van der Waals surface area contributed by atoms with Crippen LogP contribution in [0.2, 0.25) is 0 Å². The molecule has 0 bridgehead atoms. The molecule has 76 valence electrons. The zero-order valence-electron chi connectivity index (χ0n) is 8.11. The maximum Gasteiger partial charge on any atom is 0.0905 e. The first-order valence-corrected chi connectivity index (χ1v) is 5.93. The van der Waals surface area contributed by atoms with Crippen molar-refractivity contribution in [2.45, 2.75) is 26.4 Å². The minimum atomic E-state index is -2.56. The molecule has 0 amide bonds. The minimum Gasteiger partial charge on any atom is -0.387 e. The Morgan fingerprint density at radius 1 is 1.25 bits per heavy atom. The number of hydrogen-bond donors (Lipinski definition) is 3. The van der Waals surface area contributed by atoms with Gasteiger partial charge in [-0.1, -0.05) is 13.8 Å². The molecule has 0 unspecified atom stereocenters. The highest BCUT2D eigenvalue weighted by atomic mass is 32.3. The van der Waals surface area contributed by atoms with Crippen molar-refractivity contribution in [3.8, 4) is 0 Å². The van der Waals surface area contributed by atoms with Gasteiger partial charge in [-0.25, -0.2) is 4.31 Å². The number of hydrogen-bond acceptors (Lipinski definition) is 4. The molecule has 1 aliphatic rings. The Balaban J connectivity index is 0.000000561. The van der Waals surface area contributed by atoms with Gasteiger partial charge < -0.3 is 5.11 Å². The summed E-state index contributed by atoms with van der Waals surface area (Å²) in [5, 5.41) is 9.20. The van der Waals surface area contributed by atoms with Gasteiger partial charge in [-0.05, 0) is 6.92 Å². The van der Waals surface area contributed by atoms with Crippen LogP contribution in [-0.4, -0.2) is 43.5 Å². The van der Waals surface area contributed by atoms with E-state index in [1.165, 1.54) is 10.6 Å². The monoisotopic (exact) mass is 197 g/mol. The molecule has 0 aliphatic carbocycles. The first-order chi connectivity index (χ1) is 5.31. The van der Waals surface area contributed by atoms with E-state index in [1.807, 2.05) is 13.8 Å². The summed E-state index contributed by atoms with van der Waals surface area (Å²) in [4.78, 5) is 0. The predicted octanol–water partition coefficient (Wildman–Crippen LogP) is 1.37. The van der Waals surface area contributed by atoms with Crippen LogP contribution in [0.1, 0.15) is 20.8 Å². The number of nitrogens with zero attached hydrogens (tertiary/aromatic N) is 1. The minimum absolute atomic E-state index is 0.353. The van der Waals surface area contributed by atoms with Crippen LogP contribution in [0, 0.1) is 0 Å². The van der Waals surface area contributed by atoms with Crippen LogP contribution < -0.4 is 0 Å². The number of β-amino-alcohol motifs (C(OH)–C–C–N with tert-alkyl or cyclic N) is 1. The van der Waals surface area contributed by atoms with Crippen LogP contribution in [-0.2, 0) is 0 Å². The third kappa shape index (κ3) is 3.28. The quantitative estimate of drug-likeness (QED) is 0.594. The molecule has 1 heterocycles. The average molecular weight is 197 g/mol. The van der Waals surface area contributed by atoms with E-state index < -0.39 is 16.4 Å². The fraction of sp³-hybridized carbons (Fsp3) is 1.00. The Labute approximate surface area is 75.7 Å². The van der Waals surface area contributed by atoms with Crippen molar-refractivity contribution in [2.24, 2.45) is 0 Å². The van der Waals surface area contributed by atoms with Gasteiger partial charge in [0.2, 0.25) is 0 Å². The molecule has 1 aliphatic heterocycles. The normalized spacial score (nSPS) is 23.6. The first-order valence-electron chi connectivity index (χ1n) is 4.02. The Morgan fingerprint density at radius 3 is 1.67 bits per heavy atom. The van der Waals surface area contributed by atoms with Gasteiger partial charge in [-0.15, -0.1) is 10.8 Å². The van der Waals surface area contributed by atoms with E-state index >= 15 is 0 Å². The lowest BCUT2D eigenvalue weighted by Crippen LogP contribution is -2.59. The van der Waals surface area contributed by atoms with Crippen LogP contribution in [0.4, 0.5) is 0 Å². The average Bonchev–Trinajstić information content (AvgIpc) is 1.85. The van der Waals surface area contributed by atoms with E-state index in [2.05, 4.69) is 0 Å². The summed E-state index contributed by atoms with van der Waals surface area (Å²) in [5.74, 6) is 0. The van der Waals surface area contributed by atoms with E-state index in [0.29, 0.717) is 13.1 Å². The van der Waals surface area contributed by atoms with Crippen LogP contribution in [0.25, 0.3) is 0 Å². The second kappa shape index (κ2) is 3.93. The molecule has 0 radical (unpaired) electrons. The topological polar surface area (TPSA) is 63.9 Å². The van der Waals surface area contributed by atoms with Gasteiger partial charge in [0.1, 0.15) is 0 Å². The van der Waals surface area contributed by atoms with E-state index in [4.69, 9.17) is 9.11 Å². The summed E-state index contributed by atoms with van der Waals surface area (Å²) in [6.45, 7) is 6.38. The lowest BCUT2D eigenvalue weighted by Gasteiger charge is -2.52. The molecule has 3 N–H and O–H groups in total. The summed E-state index contributed by atoms with van der Waals surface area (Å²) in [6.07, 6.45) is 1.36. The van der Waals surface area contributed by atoms with Gasteiger partial charge in [-0.2, -0.15) is 0 Å². The molecule has 0 spiro atoms. The summed E-state index contributed by atoms with van der Waals surface area (Å²) in [7, 11) is -2.56. The van der Waals surface area contributed by atoms with Crippen molar-refractivity contribution in [1.29, 1.82) is 0 Å². The smallest absolute Gasteiger partial charge is 0.0905 e. The summed E-state index contributed by atoms with van der Waals surface area (Å²) in [6, 6.07) is 0. The molecular formula is C7H19NO3S. The summed E-state index contributed by atoms with van der Waals surface area (Å²) >= 11 is 0. The largest absolute Gasteiger partial charge is 0.387 e. The zero-order valence-corrected chi connectivity index (χ0v) is 8.93. The maximum atomic E-state index is 9.20. The lowest BCUT2D eigenvalue weighted by molar-refractivity contribution is -0.0464. The highest BCUT2D eigenvalue weighted by Crippen LogP contribution is 2.44. The highest BCUT2D eigenvalue weighted by molar-refractivity contribution is 8.21. The van der Waals surface area contributed by atoms with E-state index in [9.17, 15) is 5.11 Å². The van der Waals surface area contributed by atoms with E-state index in [-0.39, 0.29) is 0 Å². The Kier molecular flexibility index (Phi) is 3.99. The Hall–Kier alpha value is 0.190. The fourth-order valence-electron chi connectivity index (χ4n) is 0.958. The van der Waals surface area contributed by atoms with Crippen molar-refractivity contribution >= 4 is 10.8 Å². The van der Waals surface area contributed by atoms with Gasteiger partial charge in [0.25, 0.3) is 0 Å². The molecule has 1 fully saturated rings. The van der Waals surface area contributed by atoms with Gasteiger partial charge in [-0.3, -0.25) is 9.11 Å². The zero-order chi connectivity index (χ0) is 9.99. The molecule has 0 atom stereocenters. The second-order valence-electron chi connectivity index (χ2n) is 3.09. The highest BCUT2D eigenvalue weighted by Gasteiger charge is 2.41. The third-order valence-electron chi connectivity index (χ3n) is 1.52. The van der Waals surface area contributed by atoms with Gasteiger partial charge >= 0.3 is 0 Å². The van der Waals surface area contributed by atoms with Crippen LogP contribution in [0.5, 0.6) is 0 Å². The van der Waals surface area contributed by atoms with Crippen LogP contribution in [0.15, 0.2) is 0 Å². The van der Waals surface area contributed by atoms with Gasteiger partial charge in [0.05, 0.1) is 5.60 Å². The molecule has 0 aromatic rings. The van der Waals surface area contributed by atoms with Crippen LogP contribution >= 0.6 is 10.8 Å². The lowest BCUT2D eigenvalue weighted by atomic mass is 10.0. The molecule has 4 nitrogen and oxygen atoms in total. The summed E-state index contributed by atoms with van der Waals surface area (Å²) < 4.78 is 19.5. The standard InChI is InChI=1S/C5H13NO3S.C2H6/c1-5(7)3-6(4-5)10(2,8)9;1-2/h7-9H,3-4H2,1-2H3;1-2H3. The van der Waals surface area contributed by atoms with Crippen molar-refractivity contribution in [2.75, 3.05) is 19.3 Å².